The molecule has 1 amide bonds. The van der Waals surface area contributed by atoms with E-state index in [9.17, 15) is 4.79 Å². The molecular weight excluding hydrogens is 302 g/mol. The topological polar surface area (TPSA) is 36.0 Å². The van der Waals surface area contributed by atoms with E-state index in [0.717, 1.165) is 57.7 Å². The monoisotopic (exact) mass is 337 g/mol. The zero-order valence-corrected chi connectivity index (χ0v) is 15.6. The van der Waals surface area contributed by atoms with E-state index in [-0.39, 0.29) is 0 Å². The number of amides is 1. The van der Waals surface area contributed by atoms with Crippen LogP contribution >= 0.6 is 0 Å². The fraction of sp³-hybridized carbons (Fsp3) is 0.947. The third kappa shape index (κ3) is 4.30. The van der Waals surface area contributed by atoms with Crippen molar-refractivity contribution in [2.75, 3.05) is 59.5 Å². The molecule has 0 spiro atoms. The molecule has 138 valence electrons. The van der Waals surface area contributed by atoms with Gasteiger partial charge in [-0.05, 0) is 31.1 Å². The Labute approximate surface area is 147 Å². The molecule has 0 aromatic heterocycles. The highest BCUT2D eigenvalue weighted by Gasteiger charge is 2.39. The van der Waals surface area contributed by atoms with Crippen molar-refractivity contribution >= 4 is 5.91 Å². The maximum Gasteiger partial charge on any atom is 0.237 e. The highest BCUT2D eigenvalue weighted by Crippen LogP contribution is 2.38. The maximum absolute atomic E-state index is 12.9. The van der Waals surface area contributed by atoms with Crippen molar-refractivity contribution in [3.8, 4) is 0 Å². The van der Waals surface area contributed by atoms with Crippen molar-refractivity contribution < 1.29 is 9.53 Å². The summed E-state index contributed by atoms with van der Waals surface area (Å²) in [5.41, 5.74) is 0. The smallest absolute Gasteiger partial charge is 0.237 e. The Kier molecular flexibility index (Phi) is 6.53. The summed E-state index contributed by atoms with van der Waals surface area (Å²) in [6.45, 7) is 9.93. The molecule has 5 heteroatoms. The Balaban J connectivity index is 1.48. The lowest BCUT2D eigenvalue weighted by atomic mass is 9.72. The van der Waals surface area contributed by atoms with E-state index in [1.807, 2.05) is 0 Å². The Morgan fingerprint density at radius 3 is 2.46 bits per heavy atom. The van der Waals surface area contributed by atoms with Gasteiger partial charge >= 0.3 is 0 Å². The number of nitrogens with zero attached hydrogens (tertiary/aromatic N) is 3. The molecule has 0 aromatic carbocycles. The maximum atomic E-state index is 12.9. The van der Waals surface area contributed by atoms with Gasteiger partial charge in [-0.1, -0.05) is 19.8 Å². The zero-order chi connectivity index (χ0) is 16.9. The molecule has 2 saturated heterocycles. The van der Waals surface area contributed by atoms with E-state index in [4.69, 9.17) is 4.74 Å². The second-order valence-corrected chi connectivity index (χ2v) is 7.98. The first-order valence-corrected chi connectivity index (χ1v) is 9.92. The van der Waals surface area contributed by atoms with Crippen LogP contribution in [0.3, 0.4) is 0 Å². The number of fused-ring (bicyclic) bond motifs is 1. The molecule has 3 fully saturated rings. The summed E-state index contributed by atoms with van der Waals surface area (Å²) in [4.78, 5) is 20.0. The number of hydrogen-bond acceptors (Lipinski definition) is 4. The van der Waals surface area contributed by atoms with Gasteiger partial charge in [0.25, 0.3) is 0 Å². The van der Waals surface area contributed by atoms with Gasteiger partial charge in [0.15, 0.2) is 0 Å². The van der Waals surface area contributed by atoms with Crippen molar-refractivity contribution in [1.29, 1.82) is 0 Å². The molecule has 0 unspecified atom stereocenters. The normalized spacial score (nSPS) is 32.6. The predicted octanol–water partition coefficient (Wildman–Crippen LogP) is 1.68. The first-order valence-electron chi connectivity index (χ1n) is 9.92. The van der Waals surface area contributed by atoms with Crippen LogP contribution in [0.4, 0.5) is 0 Å². The average molecular weight is 338 g/mol. The largest absolute Gasteiger partial charge is 0.383 e. The van der Waals surface area contributed by atoms with Crippen LogP contribution in [0.5, 0.6) is 0 Å². The van der Waals surface area contributed by atoms with Crippen LogP contribution in [0.1, 0.15) is 39.0 Å². The van der Waals surface area contributed by atoms with E-state index in [0.29, 0.717) is 18.5 Å². The molecule has 2 aliphatic heterocycles. The zero-order valence-electron chi connectivity index (χ0n) is 15.6. The van der Waals surface area contributed by atoms with Gasteiger partial charge in [-0.15, -0.1) is 0 Å². The highest BCUT2D eigenvalue weighted by atomic mass is 16.5. The Hall–Kier alpha value is -0.650. The molecular formula is C19H35N3O2. The summed E-state index contributed by atoms with van der Waals surface area (Å²) in [7, 11) is 1.76. The van der Waals surface area contributed by atoms with Crippen molar-refractivity contribution in [1.82, 2.24) is 14.7 Å². The summed E-state index contributed by atoms with van der Waals surface area (Å²) in [6, 6.07) is 0.526. The third-order valence-corrected chi connectivity index (χ3v) is 6.49. The van der Waals surface area contributed by atoms with Gasteiger partial charge in [-0.25, -0.2) is 0 Å². The standard InChI is InChI=1S/C19H35N3O2/c1-16-7-8-22(18-6-4-3-5-17(16)18)19(23)15-21-11-9-20(10-12-21)13-14-24-2/h16-18H,3-15H2,1-2H3/t16-,17+,18-/m0/s1. The molecule has 0 radical (unpaired) electrons. The third-order valence-electron chi connectivity index (χ3n) is 6.49. The Morgan fingerprint density at radius 2 is 1.71 bits per heavy atom. The summed E-state index contributed by atoms with van der Waals surface area (Å²) < 4.78 is 5.16. The number of rotatable bonds is 5. The second kappa shape index (κ2) is 8.63. The molecule has 0 aromatic rings. The first kappa shape index (κ1) is 18.2. The SMILES string of the molecule is COCCN1CCN(CC(=O)N2CC[C@H](C)[C@H]3CCCC[C@@H]32)CC1. The van der Waals surface area contributed by atoms with Crippen LogP contribution in [0, 0.1) is 11.8 Å². The van der Waals surface area contributed by atoms with Crippen molar-refractivity contribution in [2.24, 2.45) is 11.8 Å². The fourth-order valence-corrected chi connectivity index (χ4v) is 4.90. The van der Waals surface area contributed by atoms with E-state index >= 15 is 0 Å². The van der Waals surface area contributed by atoms with Crippen molar-refractivity contribution in [2.45, 2.75) is 45.1 Å². The molecule has 3 rings (SSSR count). The highest BCUT2D eigenvalue weighted by molar-refractivity contribution is 5.78. The molecule has 3 aliphatic rings. The number of ether oxygens (including phenoxy) is 1. The van der Waals surface area contributed by atoms with E-state index in [1.54, 1.807) is 7.11 Å². The molecule has 3 atom stereocenters. The van der Waals surface area contributed by atoms with Gasteiger partial charge in [0.2, 0.25) is 5.91 Å². The lowest BCUT2D eigenvalue weighted by Crippen LogP contribution is -2.56. The number of hydrogen-bond donors (Lipinski definition) is 0. The van der Waals surface area contributed by atoms with Gasteiger partial charge in [0.1, 0.15) is 0 Å². The average Bonchev–Trinajstić information content (AvgIpc) is 2.61. The molecule has 5 nitrogen and oxygen atoms in total. The summed E-state index contributed by atoms with van der Waals surface area (Å²) in [5, 5.41) is 0. The van der Waals surface area contributed by atoms with Crippen molar-refractivity contribution in [3.63, 3.8) is 0 Å². The van der Waals surface area contributed by atoms with Crippen LogP contribution in [0.2, 0.25) is 0 Å². The Morgan fingerprint density at radius 1 is 1.00 bits per heavy atom. The van der Waals surface area contributed by atoms with E-state index in [2.05, 4.69) is 21.6 Å². The summed E-state index contributed by atoms with van der Waals surface area (Å²) in [6.07, 6.45) is 6.41. The van der Waals surface area contributed by atoms with Crippen molar-refractivity contribution in [3.05, 3.63) is 0 Å². The van der Waals surface area contributed by atoms with E-state index in [1.165, 1.54) is 32.1 Å². The minimum atomic E-state index is 0.379. The fourth-order valence-electron chi connectivity index (χ4n) is 4.90. The number of piperazine rings is 1. The molecule has 0 bridgehead atoms. The first-order chi connectivity index (χ1) is 11.7. The quantitative estimate of drug-likeness (QED) is 0.765. The number of likely N-dealkylation sites (tertiary alicyclic amines) is 1. The summed E-state index contributed by atoms with van der Waals surface area (Å²) >= 11 is 0. The lowest BCUT2D eigenvalue weighted by Gasteiger charge is -2.48. The number of piperidine rings is 1. The summed E-state index contributed by atoms with van der Waals surface area (Å²) in [5.74, 6) is 1.93. The molecule has 1 aliphatic carbocycles. The molecule has 0 N–H and O–H groups in total. The molecule has 1 saturated carbocycles. The molecule has 24 heavy (non-hydrogen) atoms. The number of carbonyl (C=O) groups excluding carboxylic acids is 1. The van der Waals surface area contributed by atoms with E-state index < -0.39 is 0 Å². The number of carbonyl (C=O) groups is 1. The van der Waals surface area contributed by atoms with Gasteiger partial charge in [0, 0.05) is 52.4 Å². The van der Waals surface area contributed by atoms with Gasteiger partial charge < -0.3 is 9.64 Å². The second-order valence-electron chi connectivity index (χ2n) is 7.98. The minimum absolute atomic E-state index is 0.379. The van der Waals surface area contributed by atoms with Crippen LogP contribution in [0.15, 0.2) is 0 Å². The van der Waals surface area contributed by atoms with Crippen LogP contribution in [-0.2, 0) is 9.53 Å². The predicted molar refractivity (Wildman–Crippen MR) is 96.0 cm³/mol. The van der Waals surface area contributed by atoms with Crippen LogP contribution in [0.25, 0.3) is 0 Å². The molecule has 2 heterocycles. The van der Waals surface area contributed by atoms with Gasteiger partial charge in [-0.2, -0.15) is 0 Å². The lowest BCUT2D eigenvalue weighted by molar-refractivity contribution is -0.140. The van der Waals surface area contributed by atoms with Crippen LogP contribution in [-0.4, -0.2) is 86.2 Å². The Bertz CT molecular complexity index is 409. The number of methoxy groups -OCH3 is 1. The van der Waals surface area contributed by atoms with Gasteiger partial charge in [0.05, 0.1) is 13.2 Å². The van der Waals surface area contributed by atoms with Gasteiger partial charge in [-0.3, -0.25) is 14.6 Å². The minimum Gasteiger partial charge on any atom is -0.383 e. The van der Waals surface area contributed by atoms with Crippen LogP contribution < -0.4 is 0 Å².